The van der Waals surface area contributed by atoms with Gasteiger partial charge in [0.15, 0.2) is 0 Å². The zero-order chi connectivity index (χ0) is 13.4. The number of carbonyl (C=O) groups excluding carboxylic acids is 1. The fourth-order valence-corrected chi connectivity index (χ4v) is 3.42. The molecule has 2 aliphatic heterocycles. The summed E-state index contributed by atoms with van der Waals surface area (Å²) < 4.78 is 0. The van der Waals surface area contributed by atoms with E-state index in [4.69, 9.17) is 11.0 Å². The highest BCUT2D eigenvalue weighted by Crippen LogP contribution is 2.36. The Morgan fingerprint density at radius 1 is 1.30 bits per heavy atom. The zero-order valence-corrected chi connectivity index (χ0v) is 12.0. The fourth-order valence-electron chi connectivity index (χ4n) is 3.42. The van der Waals surface area contributed by atoms with E-state index in [1.54, 1.807) is 24.3 Å². The molecule has 5 heteroatoms. The Bertz CT molecular complexity index is 540. The van der Waals surface area contributed by atoms with Crippen LogP contribution in [0.4, 0.5) is 0 Å². The largest absolute Gasteiger partial charge is 0.333 e. The van der Waals surface area contributed by atoms with Crippen LogP contribution < -0.4 is 5.73 Å². The van der Waals surface area contributed by atoms with Crippen LogP contribution in [0.5, 0.6) is 0 Å². The van der Waals surface area contributed by atoms with Gasteiger partial charge in [-0.05, 0) is 43.9 Å². The van der Waals surface area contributed by atoms with E-state index in [0.717, 1.165) is 25.7 Å². The van der Waals surface area contributed by atoms with E-state index < -0.39 is 0 Å². The Kier molecular flexibility index (Phi) is 4.32. The lowest BCUT2D eigenvalue weighted by molar-refractivity contribution is 0.0575. The molecule has 3 rings (SSSR count). The molecule has 1 aromatic rings. The maximum atomic E-state index is 12.6. The summed E-state index contributed by atoms with van der Waals surface area (Å²) in [6.45, 7) is 0. The van der Waals surface area contributed by atoms with Crippen LogP contribution in [0.15, 0.2) is 24.3 Å². The number of piperidine rings is 1. The summed E-state index contributed by atoms with van der Waals surface area (Å²) in [6, 6.07) is 9.83. The molecule has 0 aromatic heterocycles. The lowest BCUT2D eigenvalue weighted by Crippen LogP contribution is -2.50. The number of hydrogen-bond donors (Lipinski definition) is 1. The summed E-state index contributed by atoms with van der Waals surface area (Å²) in [4.78, 5) is 14.6. The molecule has 2 heterocycles. The molecule has 20 heavy (non-hydrogen) atoms. The molecule has 1 amide bonds. The minimum absolute atomic E-state index is 0. The fraction of sp³-hybridized carbons (Fsp3) is 0.467. The lowest BCUT2D eigenvalue weighted by Gasteiger charge is -2.37. The maximum Gasteiger partial charge on any atom is 0.254 e. The number of nitriles is 1. The van der Waals surface area contributed by atoms with E-state index in [2.05, 4.69) is 6.07 Å². The van der Waals surface area contributed by atoms with Crippen molar-refractivity contribution in [2.45, 2.75) is 43.8 Å². The average Bonchev–Trinajstić information content (AvgIpc) is 2.70. The highest BCUT2D eigenvalue weighted by Gasteiger charge is 2.42. The third kappa shape index (κ3) is 2.52. The van der Waals surface area contributed by atoms with Crippen molar-refractivity contribution < 1.29 is 4.79 Å². The van der Waals surface area contributed by atoms with Crippen molar-refractivity contribution in [2.75, 3.05) is 0 Å². The summed E-state index contributed by atoms with van der Waals surface area (Å²) in [5, 5.41) is 8.91. The summed E-state index contributed by atoms with van der Waals surface area (Å²) in [5.74, 6) is 0.0523. The van der Waals surface area contributed by atoms with Crippen LogP contribution in [0.1, 0.15) is 41.6 Å². The number of hydrogen-bond acceptors (Lipinski definition) is 3. The molecule has 1 unspecified atom stereocenters. The van der Waals surface area contributed by atoms with Gasteiger partial charge in [0.2, 0.25) is 0 Å². The van der Waals surface area contributed by atoms with Crippen molar-refractivity contribution in [2.24, 2.45) is 5.73 Å². The van der Waals surface area contributed by atoms with Crippen LogP contribution in [0, 0.1) is 11.3 Å². The highest BCUT2D eigenvalue weighted by molar-refractivity contribution is 5.95. The Morgan fingerprint density at radius 2 is 1.95 bits per heavy atom. The highest BCUT2D eigenvalue weighted by atomic mass is 35.5. The first kappa shape index (κ1) is 14.8. The number of fused-ring (bicyclic) bond motifs is 2. The van der Waals surface area contributed by atoms with Crippen LogP contribution in [0.2, 0.25) is 0 Å². The molecular weight excluding hydrogens is 274 g/mol. The van der Waals surface area contributed by atoms with Crippen molar-refractivity contribution in [3.05, 3.63) is 35.4 Å². The standard InChI is InChI=1S/C15H17N3O.ClH/c16-9-10-2-1-3-11(6-10)15(19)18-13-4-5-14(18)8-12(17)7-13;/h1-3,6,12-14H,4-5,7-8,17H2;1H/t12?,13-,14+;. The number of benzene rings is 1. The van der Waals surface area contributed by atoms with Gasteiger partial charge in [-0.15, -0.1) is 12.4 Å². The Labute approximate surface area is 125 Å². The Morgan fingerprint density at radius 3 is 2.55 bits per heavy atom. The lowest BCUT2D eigenvalue weighted by atomic mass is 9.97. The van der Waals surface area contributed by atoms with Crippen molar-refractivity contribution in [3.8, 4) is 6.07 Å². The van der Waals surface area contributed by atoms with Gasteiger partial charge in [-0.1, -0.05) is 6.07 Å². The van der Waals surface area contributed by atoms with E-state index in [1.807, 2.05) is 4.90 Å². The van der Waals surface area contributed by atoms with Gasteiger partial charge in [0, 0.05) is 23.7 Å². The maximum absolute atomic E-state index is 12.6. The Balaban J connectivity index is 0.00000147. The number of amides is 1. The van der Waals surface area contributed by atoms with Gasteiger partial charge in [0.05, 0.1) is 11.6 Å². The summed E-state index contributed by atoms with van der Waals surface area (Å²) in [7, 11) is 0. The van der Waals surface area contributed by atoms with Gasteiger partial charge in [-0.3, -0.25) is 4.79 Å². The molecule has 0 aliphatic carbocycles. The van der Waals surface area contributed by atoms with Gasteiger partial charge >= 0.3 is 0 Å². The molecule has 3 atom stereocenters. The van der Waals surface area contributed by atoms with E-state index in [1.165, 1.54) is 0 Å². The van der Waals surface area contributed by atoms with E-state index in [9.17, 15) is 4.79 Å². The molecule has 2 fully saturated rings. The topological polar surface area (TPSA) is 70.1 Å². The SMILES string of the molecule is Cl.N#Cc1cccc(C(=O)N2[C@@H]3CC[C@H]2CC(N)C3)c1. The molecule has 106 valence electrons. The minimum atomic E-state index is 0. The first-order valence-corrected chi connectivity index (χ1v) is 6.77. The molecule has 0 saturated carbocycles. The molecular formula is C15H18ClN3O. The number of nitrogens with two attached hydrogens (primary N) is 1. The normalized spacial score (nSPS) is 27.6. The van der Waals surface area contributed by atoms with Gasteiger partial charge < -0.3 is 10.6 Å². The molecule has 0 radical (unpaired) electrons. The quantitative estimate of drug-likeness (QED) is 0.861. The molecule has 2 N–H and O–H groups in total. The van der Waals surface area contributed by atoms with Crippen molar-refractivity contribution in [3.63, 3.8) is 0 Å². The number of halogens is 1. The van der Waals surface area contributed by atoms with E-state index in [0.29, 0.717) is 11.1 Å². The van der Waals surface area contributed by atoms with Gasteiger partial charge in [-0.25, -0.2) is 0 Å². The molecule has 1 aromatic carbocycles. The second-order valence-corrected chi connectivity index (χ2v) is 5.52. The molecule has 2 saturated heterocycles. The smallest absolute Gasteiger partial charge is 0.254 e. The predicted molar refractivity (Wildman–Crippen MR) is 78.6 cm³/mol. The second-order valence-electron chi connectivity index (χ2n) is 5.52. The summed E-state index contributed by atoms with van der Waals surface area (Å²) >= 11 is 0. The van der Waals surface area contributed by atoms with Gasteiger partial charge in [0.1, 0.15) is 0 Å². The number of nitrogens with zero attached hydrogens (tertiary/aromatic N) is 2. The first-order valence-electron chi connectivity index (χ1n) is 6.77. The average molecular weight is 292 g/mol. The predicted octanol–water partition coefficient (Wildman–Crippen LogP) is 2.07. The number of rotatable bonds is 1. The minimum Gasteiger partial charge on any atom is -0.333 e. The van der Waals surface area contributed by atoms with Gasteiger partial charge in [0.25, 0.3) is 5.91 Å². The van der Waals surface area contributed by atoms with E-state index >= 15 is 0 Å². The Hall–Kier alpha value is -1.57. The molecule has 4 nitrogen and oxygen atoms in total. The van der Waals surface area contributed by atoms with E-state index in [-0.39, 0.29) is 36.4 Å². The molecule has 0 spiro atoms. The van der Waals surface area contributed by atoms with Crippen LogP contribution in [-0.2, 0) is 0 Å². The van der Waals surface area contributed by atoms with Crippen molar-refractivity contribution in [1.82, 2.24) is 4.90 Å². The summed E-state index contributed by atoms with van der Waals surface area (Å²) in [5.41, 5.74) is 7.17. The van der Waals surface area contributed by atoms with Crippen LogP contribution in [0.3, 0.4) is 0 Å². The van der Waals surface area contributed by atoms with Crippen LogP contribution in [0.25, 0.3) is 0 Å². The third-order valence-electron chi connectivity index (χ3n) is 4.24. The van der Waals surface area contributed by atoms with Crippen LogP contribution in [-0.4, -0.2) is 28.9 Å². The second kappa shape index (κ2) is 5.82. The third-order valence-corrected chi connectivity index (χ3v) is 4.24. The summed E-state index contributed by atoms with van der Waals surface area (Å²) in [6.07, 6.45) is 3.92. The monoisotopic (exact) mass is 291 g/mol. The van der Waals surface area contributed by atoms with Crippen molar-refractivity contribution >= 4 is 18.3 Å². The zero-order valence-electron chi connectivity index (χ0n) is 11.2. The molecule has 2 aliphatic rings. The van der Waals surface area contributed by atoms with Crippen LogP contribution >= 0.6 is 12.4 Å². The number of carbonyl (C=O) groups is 1. The van der Waals surface area contributed by atoms with Gasteiger partial charge in [-0.2, -0.15) is 5.26 Å². The molecule has 2 bridgehead atoms. The first-order chi connectivity index (χ1) is 9.19. The van der Waals surface area contributed by atoms with Crippen molar-refractivity contribution in [1.29, 1.82) is 5.26 Å².